The molecule has 1 aromatic heterocycles. The van der Waals surface area contributed by atoms with Crippen molar-refractivity contribution in [3.8, 4) is 0 Å². The van der Waals surface area contributed by atoms with Crippen LogP contribution in [0.5, 0.6) is 0 Å². The molecule has 20 nitrogen and oxygen atoms in total. The number of pyridine rings is 1. The highest BCUT2D eigenvalue weighted by Crippen LogP contribution is 2.38. The Morgan fingerprint density at radius 1 is 0.901 bits per heavy atom. The van der Waals surface area contributed by atoms with Gasteiger partial charge < -0.3 is 48.9 Å². The molecule has 4 aliphatic rings. The molecular weight excluding hydrogens is 1070 g/mol. The minimum absolute atomic E-state index is 0.00205. The largest absolute Gasteiger partial charge is 0.460 e. The standard InChI is InChI=1S/C59H87N3O14.CH4O3S/c1-36-18-12-11-13-19-37(2)49(71-8)34-45-24-22-42(7)59(70,76-45)55(66)56(67)62-29-17-15-21-46(62)57(68)74-50(35-47(63)38(3)31-41(6)53(65)54(73-10)52(64)40(5)30-36)39(4)32-43-23-25-48(51(33-43)72-9)75-58(69)61-28-26-44-20-14-16-27-60-44;1-5(2,3)4/h11-14,16,18-20,27,31,36,38-40,42-43,45-46,48-51,53-54,65,70H,15,17,21-26,28-30,32-35H2,1-10H3,(H,61,69);1H3,(H,2,3,4)/b13-11+,18-12+,37-19+,41-31+;/t36-,38-,39-,40-,42-,43?,45+,46+,48+,49+,50+,51+,53-,54+,59-;/m1./s1. The number of aromatic nitrogens is 1. The molecule has 0 radical (unpaired) electrons. The highest BCUT2D eigenvalue weighted by atomic mass is 32.2. The number of carbonyl (C=O) groups is 6. The van der Waals surface area contributed by atoms with Gasteiger partial charge in [0.15, 0.2) is 5.78 Å². The molecule has 2 bridgehead atoms. The summed E-state index contributed by atoms with van der Waals surface area (Å²) >= 11 is 0. The Labute approximate surface area is 479 Å². The van der Waals surface area contributed by atoms with E-state index >= 15 is 0 Å². The fraction of sp³-hybridized carbons (Fsp3) is 0.683. The number of aliphatic hydroxyl groups is 2. The third-order valence-electron chi connectivity index (χ3n) is 16.1. The van der Waals surface area contributed by atoms with E-state index in [1.807, 2.05) is 76.3 Å². The van der Waals surface area contributed by atoms with E-state index in [4.69, 9.17) is 33.0 Å². The van der Waals surface area contributed by atoms with Crippen molar-refractivity contribution < 1.29 is 80.4 Å². The zero-order chi connectivity index (χ0) is 60.2. The van der Waals surface area contributed by atoms with Gasteiger partial charge in [0.2, 0.25) is 5.79 Å². The Kier molecular flexibility index (Phi) is 27.7. The molecule has 4 heterocycles. The lowest BCUT2D eigenvalue weighted by Crippen LogP contribution is -2.61. The van der Waals surface area contributed by atoms with Crippen LogP contribution in [-0.2, 0) is 68.9 Å². The summed E-state index contributed by atoms with van der Waals surface area (Å²) < 4.78 is 61.6. The van der Waals surface area contributed by atoms with Crippen LogP contribution in [0.25, 0.3) is 0 Å². The van der Waals surface area contributed by atoms with Crippen molar-refractivity contribution in [1.82, 2.24) is 15.2 Å². The van der Waals surface area contributed by atoms with E-state index < -0.39 is 112 Å². The molecule has 454 valence electrons. The van der Waals surface area contributed by atoms with Gasteiger partial charge in [-0.25, -0.2) is 9.59 Å². The van der Waals surface area contributed by atoms with E-state index in [0.29, 0.717) is 89.0 Å². The fourth-order valence-corrected chi connectivity index (χ4v) is 11.3. The van der Waals surface area contributed by atoms with E-state index in [1.54, 1.807) is 47.3 Å². The second-order valence-corrected chi connectivity index (χ2v) is 24.2. The topological polar surface area (TPSA) is 281 Å². The molecule has 15 atom stereocenters. The Hall–Kier alpha value is -5.00. The molecule has 0 aromatic carbocycles. The van der Waals surface area contributed by atoms with Gasteiger partial charge in [-0.15, -0.1) is 0 Å². The molecule has 5 rings (SSSR count). The van der Waals surface area contributed by atoms with Gasteiger partial charge in [0.1, 0.15) is 36.2 Å². The Balaban J connectivity index is 0.00000270. The summed E-state index contributed by atoms with van der Waals surface area (Å²) in [5, 5.41) is 26.4. The number of ketones is 3. The SMILES string of the molecule is CO[C@H]1C[C@@H]2CC[C@@H](C)[C@@](O)(O2)C(=O)C(=O)N2CCCC[C@H]2C(=O)O[C@H]([C@H](C)CC2CC[C@H](OC(=O)NCCc3ccccn3)[C@@H](OC)C2)CC(=O)[C@H](C)/C=C(\C)[C@@H](O)[C@@H](OC)C(=O)[C@H](C)C[C@H](C)/C=C/C=C/C=C/1C.CS(=O)(=O)O. The number of methoxy groups -OCH3 is 3. The predicted octanol–water partition coefficient (Wildman–Crippen LogP) is 7.06. The zero-order valence-corrected chi connectivity index (χ0v) is 50.1. The van der Waals surface area contributed by atoms with Crippen LogP contribution >= 0.6 is 0 Å². The lowest BCUT2D eigenvalue weighted by molar-refractivity contribution is -0.265. The number of cyclic esters (lactones) is 1. The number of aliphatic hydroxyl groups excluding tert-OH is 1. The predicted molar refractivity (Wildman–Crippen MR) is 303 cm³/mol. The smallest absolute Gasteiger partial charge is 0.407 e. The first-order valence-electron chi connectivity index (χ1n) is 28.5. The molecule has 1 aliphatic carbocycles. The van der Waals surface area contributed by atoms with Crippen molar-refractivity contribution in [1.29, 1.82) is 0 Å². The number of carbonyl (C=O) groups excluding carboxylic acids is 6. The first-order valence-corrected chi connectivity index (χ1v) is 30.3. The average Bonchev–Trinajstić information content (AvgIpc) is 3.48. The third-order valence-corrected chi connectivity index (χ3v) is 16.1. The molecular formula is C60H91N3O17S. The number of nitrogens with zero attached hydrogens (tertiary/aromatic N) is 2. The molecule has 1 unspecified atom stereocenters. The Morgan fingerprint density at radius 3 is 2.27 bits per heavy atom. The molecule has 3 aliphatic heterocycles. The van der Waals surface area contributed by atoms with Gasteiger partial charge in [-0.1, -0.05) is 77.1 Å². The second kappa shape index (κ2) is 32.7. The average molecular weight is 1160 g/mol. The lowest BCUT2D eigenvalue weighted by Gasteiger charge is -2.42. The summed E-state index contributed by atoms with van der Waals surface area (Å²) in [4.78, 5) is 89.8. The van der Waals surface area contributed by atoms with Gasteiger partial charge >= 0.3 is 12.1 Å². The van der Waals surface area contributed by atoms with Gasteiger partial charge in [-0.2, -0.15) is 8.42 Å². The molecule has 1 aromatic rings. The maximum absolute atomic E-state index is 14.6. The normalized spacial score (nSPS) is 34.6. The number of hydrogen-bond donors (Lipinski definition) is 4. The monoisotopic (exact) mass is 1160 g/mol. The number of Topliss-reactive ketones (excluding diaryl/α,β-unsaturated/α-hetero) is 3. The molecule has 2 saturated heterocycles. The number of esters is 1. The highest BCUT2D eigenvalue weighted by Gasteiger charge is 2.53. The van der Waals surface area contributed by atoms with Crippen molar-refractivity contribution >= 4 is 45.4 Å². The first kappa shape index (κ1) is 68.5. The third kappa shape index (κ3) is 21.3. The van der Waals surface area contributed by atoms with Crippen LogP contribution in [0.4, 0.5) is 4.79 Å². The minimum atomic E-state index is -3.67. The Bertz CT molecular complexity index is 2480. The quantitative estimate of drug-likeness (QED) is 0.0790. The number of piperidine rings is 1. The number of amides is 2. The summed E-state index contributed by atoms with van der Waals surface area (Å²) in [6.07, 6.45) is 13.0. The number of allylic oxidation sites excluding steroid dienone is 6. The molecule has 3 fully saturated rings. The van der Waals surface area contributed by atoms with Crippen molar-refractivity contribution in [3.63, 3.8) is 0 Å². The molecule has 21 heteroatoms. The molecule has 2 amide bonds. The number of ether oxygens (including phenoxy) is 6. The molecule has 81 heavy (non-hydrogen) atoms. The van der Waals surface area contributed by atoms with Gasteiger partial charge in [0.05, 0.1) is 24.6 Å². The minimum Gasteiger partial charge on any atom is -0.460 e. The van der Waals surface area contributed by atoms with Gasteiger partial charge in [0.25, 0.3) is 21.8 Å². The van der Waals surface area contributed by atoms with Crippen LogP contribution < -0.4 is 5.32 Å². The van der Waals surface area contributed by atoms with Crippen molar-refractivity contribution in [3.05, 3.63) is 77.7 Å². The number of nitrogens with one attached hydrogen (secondary N) is 1. The van der Waals surface area contributed by atoms with Crippen LogP contribution in [0.1, 0.15) is 131 Å². The first-order chi connectivity index (χ1) is 38.2. The number of hydrogen-bond acceptors (Lipinski definition) is 17. The Morgan fingerprint density at radius 2 is 1.62 bits per heavy atom. The maximum atomic E-state index is 14.6. The summed E-state index contributed by atoms with van der Waals surface area (Å²) in [5.41, 5.74) is 2.08. The summed E-state index contributed by atoms with van der Waals surface area (Å²) in [7, 11) is 0.852. The van der Waals surface area contributed by atoms with Gasteiger partial charge in [-0.3, -0.25) is 28.7 Å². The number of rotatable bonds is 10. The van der Waals surface area contributed by atoms with Crippen LogP contribution in [0.3, 0.4) is 0 Å². The van der Waals surface area contributed by atoms with Gasteiger partial charge in [-0.05, 0) is 119 Å². The summed E-state index contributed by atoms with van der Waals surface area (Å²) in [5.74, 6) is -8.34. The zero-order valence-electron chi connectivity index (χ0n) is 49.3. The van der Waals surface area contributed by atoms with Crippen LogP contribution in [0, 0.1) is 35.5 Å². The van der Waals surface area contributed by atoms with Crippen LogP contribution in [0.15, 0.2) is 72.0 Å². The summed E-state index contributed by atoms with van der Waals surface area (Å²) in [6.45, 7) is 13.0. The summed E-state index contributed by atoms with van der Waals surface area (Å²) in [6, 6.07) is 4.42. The molecule has 1 saturated carbocycles. The fourth-order valence-electron chi connectivity index (χ4n) is 11.3. The van der Waals surface area contributed by atoms with E-state index in [1.165, 1.54) is 12.0 Å². The van der Waals surface area contributed by atoms with Gasteiger partial charge in [0, 0.05) is 83.3 Å². The van der Waals surface area contributed by atoms with E-state index in [-0.39, 0.29) is 42.8 Å². The lowest BCUT2D eigenvalue weighted by atomic mass is 9.78. The van der Waals surface area contributed by atoms with Crippen molar-refractivity contribution in [2.24, 2.45) is 35.5 Å². The van der Waals surface area contributed by atoms with E-state index in [0.717, 1.165) is 11.3 Å². The van der Waals surface area contributed by atoms with Crippen molar-refractivity contribution in [2.75, 3.05) is 40.7 Å². The number of alkyl carbamates (subject to hydrolysis) is 1. The van der Waals surface area contributed by atoms with E-state index in [2.05, 4.69) is 10.3 Å². The molecule has 0 spiro atoms. The highest BCUT2D eigenvalue weighted by molar-refractivity contribution is 7.85. The van der Waals surface area contributed by atoms with Crippen molar-refractivity contribution in [2.45, 2.75) is 186 Å². The maximum Gasteiger partial charge on any atom is 0.407 e. The number of fused-ring (bicyclic) bond motifs is 3. The van der Waals surface area contributed by atoms with Crippen LogP contribution in [-0.4, -0.2) is 164 Å². The second-order valence-electron chi connectivity index (χ2n) is 22.7. The van der Waals surface area contributed by atoms with E-state index in [9.17, 15) is 47.4 Å². The van der Waals surface area contributed by atoms with Crippen LogP contribution in [0.2, 0.25) is 0 Å². The molecule has 4 N–H and O–H groups in total.